The van der Waals surface area contributed by atoms with Gasteiger partial charge in [-0.05, 0) is 13.3 Å². The summed E-state index contributed by atoms with van der Waals surface area (Å²) >= 11 is 0. The number of nitrogens with one attached hydrogen (secondary N) is 1. The van der Waals surface area contributed by atoms with Crippen LogP contribution in [-0.4, -0.2) is 34.9 Å². The predicted molar refractivity (Wildman–Crippen MR) is 63.5 cm³/mol. The van der Waals surface area contributed by atoms with Gasteiger partial charge in [0.15, 0.2) is 0 Å². The van der Waals surface area contributed by atoms with Gasteiger partial charge in [-0.2, -0.15) is 5.10 Å². The van der Waals surface area contributed by atoms with Crippen LogP contribution in [0.5, 0.6) is 0 Å². The summed E-state index contributed by atoms with van der Waals surface area (Å²) in [6, 6.07) is 0. The first-order chi connectivity index (χ1) is 8.09. The fraction of sp³-hybridized carbons (Fsp3) is 0.636. The molecule has 0 radical (unpaired) electrons. The molecule has 1 amide bonds. The Balaban J connectivity index is 1.91. The molecule has 0 spiro atoms. The molecular weight excluding hydrogens is 220 g/mol. The van der Waals surface area contributed by atoms with Gasteiger partial charge in [-0.1, -0.05) is 0 Å². The van der Waals surface area contributed by atoms with Crippen LogP contribution in [0, 0.1) is 5.92 Å². The van der Waals surface area contributed by atoms with Crippen molar-refractivity contribution in [2.75, 3.05) is 18.9 Å². The Morgan fingerprint density at radius 1 is 1.76 bits per heavy atom. The molecule has 0 bridgehead atoms. The summed E-state index contributed by atoms with van der Waals surface area (Å²) in [6.07, 6.45) is 2.69. The molecule has 1 aromatic heterocycles. The van der Waals surface area contributed by atoms with Gasteiger partial charge in [-0.15, -0.1) is 0 Å². The molecule has 2 rings (SSSR count). The standard InChI is InChI=1S/C11H18N4O2/c1-7-8(3-4-17-7)5-13-11(16)9-6-14-15(2)10(9)12/h6-8H,3-5,12H2,1-2H3,(H,13,16). The van der Waals surface area contributed by atoms with Crippen LogP contribution < -0.4 is 11.1 Å². The van der Waals surface area contributed by atoms with Crippen LogP contribution >= 0.6 is 0 Å². The van der Waals surface area contributed by atoms with Gasteiger partial charge in [0.2, 0.25) is 0 Å². The Morgan fingerprint density at radius 2 is 2.53 bits per heavy atom. The Labute approximate surface area is 100 Å². The van der Waals surface area contributed by atoms with Crippen LogP contribution in [-0.2, 0) is 11.8 Å². The average Bonchev–Trinajstić information content (AvgIpc) is 2.84. The van der Waals surface area contributed by atoms with Gasteiger partial charge in [0, 0.05) is 26.1 Å². The molecule has 0 aromatic carbocycles. The van der Waals surface area contributed by atoms with E-state index in [2.05, 4.69) is 10.4 Å². The number of amides is 1. The molecule has 6 heteroatoms. The normalized spacial score (nSPS) is 23.9. The third kappa shape index (κ3) is 2.41. The number of ether oxygens (including phenoxy) is 1. The monoisotopic (exact) mass is 238 g/mol. The first kappa shape index (κ1) is 11.9. The van der Waals surface area contributed by atoms with E-state index in [0.717, 1.165) is 13.0 Å². The lowest BCUT2D eigenvalue weighted by Gasteiger charge is -2.14. The van der Waals surface area contributed by atoms with Gasteiger partial charge >= 0.3 is 0 Å². The number of rotatable bonds is 3. The number of hydrogen-bond donors (Lipinski definition) is 2. The quantitative estimate of drug-likeness (QED) is 0.785. The number of aromatic nitrogens is 2. The molecule has 0 aliphatic carbocycles. The van der Waals surface area contributed by atoms with Gasteiger partial charge in [0.1, 0.15) is 11.4 Å². The van der Waals surface area contributed by atoms with Crippen molar-refractivity contribution in [1.29, 1.82) is 0 Å². The minimum absolute atomic E-state index is 0.172. The van der Waals surface area contributed by atoms with Crippen LogP contribution in [0.2, 0.25) is 0 Å². The van der Waals surface area contributed by atoms with E-state index in [0.29, 0.717) is 23.8 Å². The van der Waals surface area contributed by atoms with Crippen LogP contribution in [0.15, 0.2) is 6.20 Å². The highest BCUT2D eigenvalue weighted by Gasteiger charge is 2.25. The first-order valence-electron chi connectivity index (χ1n) is 5.77. The van der Waals surface area contributed by atoms with Crippen molar-refractivity contribution in [2.24, 2.45) is 13.0 Å². The van der Waals surface area contributed by atoms with Crippen LogP contribution in [0.25, 0.3) is 0 Å². The van der Waals surface area contributed by atoms with Crippen molar-refractivity contribution >= 4 is 11.7 Å². The molecule has 0 saturated carbocycles. The van der Waals surface area contributed by atoms with Crippen LogP contribution in [0.1, 0.15) is 23.7 Å². The van der Waals surface area contributed by atoms with E-state index in [1.54, 1.807) is 7.05 Å². The SMILES string of the molecule is CC1OCCC1CNC(=O)c1cnn(C)c1N. The van der Waals surface area contributed by atoms with E-state index in [1.807, 2.05) is 6.92 Å². The smallest absolute Gasteiger partial charge is 0.256 e. The summed E-state index contributed by atoms with van der Waals surface area (Å²) in [6.45, 7) is 3.42. The number of hydrogen-bond acceptors (Lipinski definition) is 4. The van der Waals surface area contributed by atoms with Crippen LogP contribution in [0.3, 0.4) is 0 Å². The molecule has 2 unspecified atom stereocenters. The van der Waals surface area contributed by atoms with Crippen LogP contribution in [0.4, 0.5) is 5.82 Å². The van der Waals surface area contributed by atoms with Crippen molar-refractivity contribution in [1.82, 2.24) is 15.1 Å². The zero-order valence-electron chi connectivity index (χ0n) is 10.1. The van der Waals surface area contributed by atoms with E-state index in [9.17, 15) is 4.79 Å². The number of carbonyl (C=O) groups is 1. The van der Waals surface area contributed by atoms with Crippen molar-refractivity contribution in [3.8, 4) is 0 Å². The summed E-state index contributed by atoms with van der Waals surface area (Å²) in [7, 11) is 1.71. The Morgan fingerprint density at radius 3 is 3.06 bits per heavy atom. The highest BCUT2D eigenvalue weighted by molar-refractivity contribution is 5.98. The number of nitrogens with zero attached hydrogens (tertiary/aromatic N) is 2. The fourth-order valence-corrected chi connectivity index (χ4v) is 1.99. The van der Waals surface area contributed by atoms with Crippen molar-refractivity contribution in [2.45, 2.75) is 19.4 Å². The number of aryl methyl sites for hydroxylation is 1. The summed E-state index contributed by atoms with van der Waals surface area (Å²) < 4.78 is 6.92. The molecule has 1 saturated heterocycles. The van der Waals surface area contributed by atoms with E-state index in [1.165, 1.54) is 10.9 Å². The molecule has 3 N–H and O–H groups in total. The molecule has 2 atom stereocenters. The average molecular weight is 238 g/mol. The molecule has 2 heterocycles. The van der Waals surface area contributed by atoms with E-state index < -0.39 is 0 Å². The van der Waals surface area contributed by atoms with Crippen molar-refractivity contribution < 1.29 is 9.53 Å². The largest absolute Gasteiger partial charge is 0.383 e. The fourth-order valence-electron chi connectivity index (χ4n) is 1.99. The zero-order valence-corrected chi connectivity index (χ0v) is 10.1. The maximum absolute atomic E-state index is 11.9. The number of carbonyl (C=O) groups excluding carboxylic acids is 1. The molecule has 1 aromatic rings. The Bertz CT molecular complexity index is 416. The Kier molecular flexibility index (Phi) is 3.33. The lowest BCUT2D eigenvalue weighted by atomic mass is 10.0. The second-order valence-corrected chi connectivity index (χ2v) is 4.40. The molecule has 6 nitrogen and oxygen atoms in total. The molecule has 17 heavy (non-hydrogen) atoms. The predicted octanol–water partition coefficient (Wildman–Crippen LogP) is 0.157. The molecule has 94 valence electrons. The van der Waals surface area contributed by atoms with Gasteiger partial charge in [-0.3, -0.25) is 9.48 Å². The maximum Gasteiger partial charge on any atom is 0.256 e. The minimum atomic E-state index is -0.172. The van der Waals surface area contributed by atoms with Gasteiger partial charge in [0.25, 0.3) is 5.91 Å². The van der Waals surface area contributed by atoms with E-state index in [4.69, 9.17) is 10.5 Å². The number of anilines is 1. The van der Waals surface area contributed by atoms with E-state index >= 15 is 0 Å². The molecule has 1 aliphatic heterocycles. The second-order valence-electron chi connectivity index (χ2n) is 4.40. The lowest BCUT2D eigenvalue weighted by Crippen LogP contribution is -2.32. The minimum Gasteiger partial charge on any atom is -0.383 e. The molecular formula is C11H18N4O2. The summed E-state index contributed by atoms with van der Waals surface area (Å²) in [5.41, 5.74) is 6.16. The topological polar surface area (TPSA) is 82.2 Å². The molecule has 1 aliphatic rings. The highest BCUT2D eigenvalue weighted by Crippen LogP contribution is 2.19. The number of nitrogen functional groups attached to an aromatic ring is 1. The third-order valence-electron chi connectivity index (χ3n) is 3.29. The summed E-state index contributed by atoms with van der Waals surface area (Å²) in [5.74, 6) is 0.602. The Hall–Kier alpha value is -1.56. The van der Waals surface area contributed by atoms with Gasteiger partial charge in [-0.25, -0.2) is 0 Å². The van der Waals surface area contributed by atoms with Gasteiger partial charge in [0.05, 0.1) is 12.3 Å². The maximum atomic E-state index is 11.9. The lowest BCUT2D eigenvalue weighted by molar-refractivity contribution is 0.0908. The summed E-state index contributed by atoms with van der Waals surface area (Å²) in [4.78, 5) is 11.9. The zero-order chi connectivity index (χ0) is 12.4. The number of nitrogens with two attached hydrogens (primary N) is 1. The first-order valence-corrected chi connectivity index (χ1v) is 5.77. The second kappa shape index (κ2) is 4.75. The summed E-state index contributed by atoms with van der Waals surface area (Å²) in [5, 5.41) is 6.81. The highest BCUT2D eigenvalue weighted by atomic mass is 16.5. The van der Waals surface area contributed by atoms with Crippen molar-refractivity contribution in [3.05, 3.63) is 11.8 Å². The van der Waals surface area contributed by atoms with Crippen molar-refractivity contribution in [3.63, 3.8) is 0 Å². The van der Waals surface area contributed by atoms with E-state index in [-0.39, 0.29) is 12.0 Å². The third-order valence-corrected chi connectivity index (χ3v) is 3.29. The van der Waals surface area contributed by atoms with Gasteiger partial charge < -0.3 is 15.8 Å². The molecule has 1 fully saturated rings.